The molecule has 0 N–H and O–H groups in total. The maximum Gasteiger partial charge on any atom is 0.163 e. The van der Waals surface area contributed by atoms with Crippen molar-refractivity contribution in [1.82, 2.24) is 0 Å². The molecule has 1 aromatic rings. The Hall–Kier alpha value is -2.23. The molecule has 0 atom stereocenters. The number of fused-ring (bicyclic) bond motifs is 1. The second-order valence-electron chi connectivity index (χ2n) is 7.30. The highest BCUT2D eigenvalue weighted by Gasteiger charge is 2.45. The highest BCUT2D eigenvalue weighted by molar-refractivity contribution is 5.96. The van der Waals surface area contributed by atoms with E-state index in [0.29, 0.717) is 37.6 Å². The average Bonchev–Trinajstić information content (AvgIpc) is 3.47. The van der Waals surface area contributed by atoms with Crippen molar-refractivity contribution in [1.29, 1.82) is 0 Å². The summed E-state index contributed by atoms with van der Waals surface area (Å²) in [4.78, 5) is 12.7. The van der Waals surface area contributed by atoms with Crippen LogP contribution < -0.4 is 9.47 Å². The van der Waals surface area contributed by atoms with Gasteiger partial charge in [-0.25, -0.2) is 0 Å². The minimum atomic E-state index is 0.179. The number of hydrogen-bond donors (Lipinski definition) is 0. The first-order chi connectivity index (χ1) is 12.7. The zero-order chi connectivity index (χ0) is 18.0. The summed E-state index contributed by atoms with van der Waals surface area (Å²) in [5.41, 5.74) is 2.28. The van der Waals surface area contributed by atoms with E-state index in [2.05, 4.69) is 12.2 Å². The molecule has 4 heteroatoms. The van der Waals surface area contributed by atoms with Gasteiger partial charge in [-0.05, 0) is 67.9 Å². The lowest BCUT2D eigenvalue weighted by molar-refractivity contribution is 0.0973. The summed E-state index contributed by atoms with van der Waals surface area (Å²) in [7, 11) is 0. The van der Waals surface area contributed by atoms with E-state index in [-0.39, 0.29) is 11.2 Å². The van der Waals surface area contributed by atoms with Gasteiger partial charge in [-0.2, -0.15) is 0 Å². The van der Waals surface area contributed by atoms with E-state index in [1.165, 1.54) is 18.4 Å². The van der Waals surface area contributed by atoms with Gasteiger partial charge in [0.25, 0.3) is 0 Å². The number of carbonyl (C=O) groups is 1. The van der Waals surface area contributed by atoms with Gasteiger partial charge >= 0.3 is 0 Å². The minimum Gasteiger partial charge on any atom is -0.498 e. The maximum absolute atomic E-state index is 12.7. The monoisotopic (exact) mass is 354 g/mol. The van der Waals surface area contributed by atoms with Crippen LogP contribution in [0, 0.1) is 5.41 Å². The van der Waals surface area contributed by atoms with E-state index >= 15 is 0 Å². The molecule has 2 aliphatic carbocycles. The van der Waals surface area contributed by atoms with Crippen LogP contribution in [0.4, 0.5) is 0 Å². The Bertz CT molecular complexity index is 755. The molecular weight excluding hydrogens is 328 g/mol. The van der Waals surface area contributed by atoms with Crippen molar-refractivity contribution < 1.29 is 19.0 Å². The lowest BCUT2D eigenvalue weighted by Crippen LogP contribution is -2.16. The zero-order valence-corrected chi connectivity index (χ0v) is 15.4. The molecule has 138 valence electrons. The van der Waals surface area contributed by atoms with Gasteiger partial charge < -0.3 is 14.2 Å². The maximum atomic E-state index is 12.7. The minimum absolute atomic E-state index is 0.179. The highest BCUT2D eigenvalue weighted by atomic mass is 16.6. The van der Waals surface area contributed by atoms with Crippen molar-refractivity contribution in [2.45, 2.75) is 45.4 Å². The van der Waals surface area contributed by atoms with Gasteiger partial charge in [0.05, 0.1) is 12.4 Å². The number of hydrogen-bond acceptors (Lipinski definition) is 4. The number of Topliss-reactive ketones (excluding diaryl/α,β-unsaturated/α-hetero) is 1. The number of allylic oxidation sites excluding steroid dienone is 4. The number of ether oxygens (including phenoxy) is 3. The van der Waals surface area contributed by atoms with Crippen LogP contribution in [0.1, 0.15) is 55.8 Å². The van der Waals surface area contributed by atoms with Crippen LogP contribution in [-0.2, 0) is 4.74 Å². The molecule has 0 aromatic heterocycles. The number of benzene rings is 1. The van der Waals surface area contributed by atoms with Crippen LogP contribution in [0.5, 0.6) is 11.5 Å². The summed E-state index contributed by atoms with van der Waals surface area (Å²) in [6, 6.07) is 5.52. The summed E-state index contributed by atoms with van der Waals surface area (Å²) in [6.45, 7) is 3.85. The summed E-state index contributed by atoms with van der Waals surface area (Å²) < 4.78 is 16.8. The van der Waals surface area contributed by atoms with E-state index in [9.17, 15) is 4.79 Å². The molecule has 1 heterocycles. The molecule has 1 fully saturated rings. The van der Waals surface area contributed by atoms with Gasteiger partial charge in [0.2, 0.25) is 0 Å². The van der Waals surface area contributed by atoms with Crippen LogP contribution >= 0.6 is 0 Å². The van der Waals surface area contributed by atoms with Gasteiger partial charge in [-0.15, -0.1) is 0 Å². The molecule has 0 bridgehead atoms. The summed E-state index contributed by atoms with van der Waals surface area (Å²) in [5, 5.41) is 0. The molecule has 0 amide bonds. The van der Waals surface area contributed by atoms with E-state index in [0.717, 1.165) is 30.8 Å². The van der Waals surface area contributed by atoms with Crippen molar-refractivity contribution in [3.05, 3.63) is 47.2 Å². The van der Waals surface area contributed by atoms with Crippen LogP contribution in [0.2, 0.25) is 0 Å². The van der Waals surface area contributed by atoms with E-state index < -0.39 is 0 Å². The van der Waals surface area contributed by atoms with Gasteiger partial charge in [0.15, 0.2) is 17.3 Å². The van der Waals surface area contributed by atoms with Crippen molar-refractivity contribution in [3.63, 3.8) is 0 Å². The first-order valence-corrected chi connectivity index (χ1v) is 9.67. The Kier molecular flexibility index (Phi) is 4.75. The first kappa shape index (κ1) is 17.2. The van der Waals surface area contributed by atoms with Crippen LogP contribution in [0.25, 0.3) is 0 Å². The number of ketones is 1. The van der Waals surface area contributed by atoms with Crippen molar-refractivity contribution in [3.8, 4) is 11.5 Å². The third-order valence-corrected chi connectivity index (χ3v) is 5.56. The Morgan fingerprint density at radius 3 is 2.77 bits per heavy atom. The molecule has 4 nitrogen and oxygen atoms in total. The predicted octanol–water partition coefficient (Wildman–Crippen LogP) is 4.84. The van der Waals surface area contributed by atoms with Crippen molar-refractivity contribution in [2.24, 2.45) is 5.41 Å². The second-order valence-corrected chi connectivity index (χ2v) is 7.30. The van der Waals surface area contributed by atoms with Crippen LogP contribution in [-0.4, -0.2) is 25.6 Å². The molecule has 0 radical (unpaired) electrons. The summed E-state index contributed by atoms with van der Waals surface area (Å²) >= 11 is 0. The fraction of sp³-hybridized carbons (Fsp3) is 0.500. The standard InChI is InChI=1S/C22H26O4/c1-2-24-18-5-3-4-17(15-18)22(10-11-22)9-8-19(23)16-6-7-20-21(14-16)26-13-12-25-20/h4,6-7,14-15H,2-3,5,8-13H2,1H3. The predicted molar refractivity (Wildman–Crippen MR) is 99.7 cm³/mol. The van der Waals surface area contributed by atoms with Crippen LogP contribution in [0.15, 0.2) is 41.7 Å². The molecule has 0 saturated heterocycles. The smallest absolute Gasteiger partial charge is 0.163 e. The molecule has 1 aromatic carbocycles. The third-order valence-electron chi connectivity index (χ3n) is 5.56. The average molecular weight is 354 g/mol. The molecule has 0 unspecified atom stereocenters. The molecule has 3 aliphatic rings. The molecule has 26 heavy (non-hydrogen) atoms. The van der Waals surface area contributed by atoms with Gasteiger partial charge in [-0.3, -0.25) is 4.79 Å². The van der Waals surface area contributed by atoms with E-state index in [4.69, 9.17) is 14.2 Å². The topological polar surface area (TPSA) is 44.8 Å². The zero-order valence-electron chi connectivity index (χ0n) is 15.4. The molecule has 0 spiro atoms. The van der Waals surface area contributed by atoms with Gasteiger partial charge in [0, 0.05) is 18.4 Å². The Morgan fingerprint density at radius 2 is 2.00 bits per heavy atom. The number of carbonyl (C=O) groups excluding carboxylic acids is 1. The molecule has 4 rings (SSSR count). The van der Waals surface area contributed by atoms with E-state index in [1.54, 1.807) is 0 Å². The van der Waals surface area contributed by atoms with E-state index in [1.807, 2.05) is 25.1 Å². The largest absolute Gasteiger partial charge is 0.498 e. The summed E-state index contributed by atoms with van der Waals surface area (Å²) in [5.74, 6) is 2.68. The molecule has 1 aliphatic heterocycles. The second kappa shape index (κ2) is 7.18. The fourth-order valence-corrected chi connectivity index (χ4v) is 3.89. The lowest BCUT2D eigenvalue weighted by Gasteiger charge is -2.22. The van der Waals surface area contributed by atoms with Crippen molar-refractivity contribution in [2.75, 3.05) is 19.8 Å². The highest BCUT2D eigenvalue weighted by Crippen LogP contribution is 2.57. The van der Waals surface area contributed by atoms with Crippen LogP contribution in [0.3, 0.4) is 0 Å². The van der Waals surface area contributed by atoms with Crippen molar-refractivity contribution >= 4 is 5.78 Å². The normalized spacial score (nSPS) is 20.0. The Morgan fingerprint density at radius 1 is 1.19 bits per heavy atom. The molecule has 1 saturated carbocycles. The summed E-state index contributed by atoms with van der Waals surface area (Å²) in [6.07, 6.45) is 10.4. The third kappa shape index (κ3) is 3.50. The SMILES string of the molecule is CCOC1=CC(C2(CCC(=O)c3ccc4c(c3)OCCO4)CC2)=CCC1. The first-order valence-electron chi connectivity index (χ1n) is 9.67. The van der Waals surface area contributed by atoms with Gasteiger partial charge in [-0.1, -0.05) is 6.08 Å². The Balaban J connectivity index is 1.41. The quantitative estimate of drug-likeness (QED) is 0.657. The number of rotatable bonds is 7. The van der Waals surface area contributed by atoms with Gasteiger partial charge in [0.1, 0.15) is 13.2 Å². The molecular formula is C22H26O4. The fourth-order valence-electron chi connectivity index (χ4n) is 3.89. The Labute approximate surface area is 154 Å². The lowest BCUT2D eigenvalue weighted by atomic mass is 9.85.